The molecule has 0 saturated heterocycles. The van der Waals surface area contributed by atoms with Crippen LogP contribution in [0.15, 0.2) is 45.1 Å². The number of hydrogen-bond donors (Lipinski definition) is 1. The van der Waals surface area contributed by atoms with Crippen molar-refractivity contribution in [1.82, 2.24) is 5.32 Å². The Morgan fingerprint density at radius 2 is 2.14 bits per heavy atom. The first-order valence-electron chi connectivity index (χ1n) is 6.95. The van der Waals surface area contributed by atoms with E-state index in [1.165, 1.54) is 12.1 Å². The van der Waals surface area contributed by atoms with Crippen LogP contribution in [0.2, 0.25) is 0 Å². The summed E-state index contributed by atoms with van der Waals surface area (Å²) in [5, 5.41) is 5.25. The smallest absolute Gasteiger partial charge is 0.220 e. The number of carbonyl (C=O) groups excluding carboxylic acids is 1. The Hall–Kier alpha value is -0.850. The minimum absolute atomic E-state index is 0.0658. The molecule has 0 saturated carbocycles. The summed E-state index contributed by atoms with van der Waals surface area (Å²) in [5.74, 6) is -0.160. The van der Waals surface area contributed by atoms with E-state index in [4.69, 9.17) is 0 Å². The third-order valence-electron chi connectivity index (χ3n) is 3.01. The van der Waals surface area contributed by atoms with Crippen molar-refractivity contribution in [3.05, 3.63) is 50.9 Å². The monoisotopic (exact) mass is 401 g/mol. The van der Waals surface area contributed by atoms with Gasteiger partial charge in [0.05, 0.1) is 6.54 Å². The molecule has 1 N–H and O–H groups in total. The van der Waals surface area contributed by atoms with E-state index < -0.39 is 0 Å². The zero-order chi connectivity index (χ0) is 15.9. The average molecular weight is 402 g/mol. The van der Waals surface area contributed by atoms with Gasteiger partial charge in [-0.3, -0.25) is 4.79 Å². The quantitative estimate of drug-likeness (QED) is 0.643. The van der Waals surface area contributed by atoms with Crippen molar-refractivity contribution in [2.45, 2.75) is 36.5 Å². The molecular weight excluding hydrogens is 385 g/mol. The number of thiophene rings is 1. The lowest BCUT2D eigenvalue weighted by atomic mass is 10.2. The van der Waals surface area contributed by atoms with Crippen LogP contribution in [-0.2, 0) is 11.3 Å². The molecule has 0 radical (unpaired) electrons. The van der Waals surface area contributed by atoms with Crippen molar-refractivity contribution < 1.29 is 9.18 Å². The molecule has 2 rings (SSSR count). The molecule has 0 aliphatic rings. The standard InChI is InChI=1S/C16H17BrFNOS2/c1-11(22-14-5-3-13(18)4-6-14)2-7-16(20)19-9-15-8-12(17)10-21-15/h3-6,8,10-11H,2,7,9H2,1H3,(H,19,20). The topological polar surface area (TPSA) is 29.1 Å². The largest absolute Gasteiger partial charge is 0.351 e. The van der Waals surface area contributed by atoms with Crippen LogP contribution < -0.4 is 5.32 Å². The Morgan fingerprint density at radius 1 is 1.41 bits per heavy atom. The molecular formula is C16H17BrFNOS2. The Labute approximate surface area is 146 Å². The van der Waals surface area contributed by atoms with Gasteiger partial charge in [-0.15, -0.1) is 23.1 Å². The molecule has 118 valence electrons. The van der Waals surface area contributed by atoms with E-state index in [1.807, 2.05) is 11.4 Å². The summed E-state index contributed by atoms with van der Waals surface area (Å²) in [5.41, 5.74) is 0. The number of amides is 1. The fraction of sp³-hybridized carbons (Fsp3) is 0.312. The second kappa shape index (κ2) is 8.70. The van der Waals surface area contributed by atoms with Crippen molar-refractivity contribution in [2.75, 3.05) is 0 Å². The van der Waals surface area contributed by atoms with Crippen LogP contribution in [0, 0.1) is 5.82 Å². The van der Waals surface area contributed by atoms with E-state index in [-0.39, 0.29) is 11.7 Å². The Kier molecular flexibility index (Phi) is 6.92. The lowest BCUT2D eigenvalue weighted by Crippen LogP contribution is -2.22. The fourth-order valence-corrected chi connectivity index (χ4v) is 4.24. The minimum atomic E-state index is -0.225. The van der Waals surface area contributed by atoms with Crippen molar-refractivity contribution >= 4 is 44.9 Å². The maximum Gasteiger partial charge on any atom is 0.220 e. The maximum absolute atomic E-state index is 12.8. The summed E-state index contributed by atoms with van der Waals surface area (Å²) in [4.78, 5) is 14.0. The number of nitrogens with one attached hydrogen (secondary N) is 1. The predicted octanol–water partition coefficient (Wildman–Crippen LogP) is 5.23. The van der Waals surface area contributed by atoms with Gasteiger partial charge in [0.25, 0.3) is 0 Å². The van der Waals surface area contributed by atoms with Crippen LogP contribution in [0.4, 0.5) is 4.39 Å². The van der Waals surface area contributed by atoms with E-state index in [0.717, 1.165) is 20.7 Å². The Balaban J connectivity index is 1.68. The van der Waals surface area contributed by atoms with E-state index >= 15 is 0 Å². The summed E-state index contributed by atoms with van der Waals surface area (Å²) in [6, 6.07) is 8.47. The highest BCUT2D eigenvalue weighted by molar-refractivity contribution is 9.10. The number of hydrogen-bond acceptors (Lipinski definition) is 3. The highest BCUT2D eigenvalue weighted by atomic mass is 79.9. The van der Waals surface area contributed by atoms with Crippen molar-refractivity contribution in [2.24, 2.45) is 0 Å². The molecule has 1 unspecified atom stereocenters. The summed E-state index contributed by atoms with van der Waals surface area (Å²) in [6.07, 6.45) is 1.30. The van der Waals surface area contributed by atoms with Gasteiger partial charge in [-0.2, -0.15) is 0 Å². The predicted molar refractivity (Wildman–Crippen MR) is 94.8 cm³/mol. The van der Waals surface area contributed by atoms with E-state index in [0.29, 0.717) is 18.2 Å². The number of thioether (sulfide) groups is 1. The normalized spacial score (nSPS) is 12.1. The third kappa shape index (κ3) is 6.10. The van der Waals surface area contributed by atoms with Gasteiger partial charge in [0.15, 0.2) is 0 Å². The van der Waals surface area contributed by atoms with Gasteiger partial charge in [-0.1, -0.05) is 6.92 Å². The first-order valence-corrected chi connectivity index (χ1v) is 9.50. The van der Waals surface area contributed by atoms with Gasteiger partial charge in [0.1, 0.15) is 5.82 Å². The lowest BCUT2D eigenvalue weighted by Gasteiger charge is -2.11. The summed E-state index contributed by atoms with van der Waals surface area (Å²) in [6.45, 7) is 2.66. The zero-order valence-corrected chi connectivity index (χ0v) is 15.4. The second-order valence-corrected chi connectivity index (χ2v) is 8.35. The van der Waals surface area contributed by atoms with Gasteiger partial charge in [-0.05, 0) is 52.7 Å². The minimum Gasteiger partial charge on any atom is -0.351 e. The molecule has 1 aromatic carbocycles. The van der Waals surface area contributed by atoms with Crippen LogP contribution in [0.5, 0.6) is 0 Å². The van der Waals surface area contributed by atoms with Crippen molar-refractivity contribution in [3.63, 3.8) is 0 Å². The average Bonchev–Trinajstić information content (AvgIpc) is 2.91. The lowest BCUT2D eigenvalue weighted by molar-refractivity contribution is -0.121. The number of carbonyl (C=O) groups is 1. The van der Waals surface area contributed by atoms with Crippen LogP contribution >= 0.6 is 39.0 Å². The molecule has 1 atom stereocenters. The molecule has 1 amide bonds. The SMILES string of the molecule is CC(CCC(=O)NCc1cc(Br)cs1)Sc1ccc(F)cc1. The molecule has 0 aliphatic heterocycles. The van der Waals surface area contributed by atoms with Crippen LogP contribution in [0.25, 0.3) is 0 Å². The van der Waals surface area contributed by atoms with Gasteiger partial charge >= 0.3 is 0 Å². The second-order valence-electron chi connectivity index (χ2n) is 4.93. The van der Waals surface area contributed by atoms with E-state index in [9.17, 15) is 9.18 Å². The highest BCUT2D eigenvalue weighted by Crippen LogP contribution is 2.26. The molecule has 2 nitrogen and oxygen atoms in total. The molecule has 0 fully saturated rings. The maximum atomic E-state index is 12.8. The molecule has 22 heavy (non-hydrogen) atoms. The molecule has 0 spiro atoms. The molecule has 2 aromatic rings. The van der Waals surface area contributed by atoms with Crippen LogP contribution in [0.3, 0.4) is 0 Å². The Morgan fingerprint density at radius 3 is 2.77 bits per heavy atom. The number of rotatable bonds is 7. The number of halogens is 2. The third-order valence-corrected chi connectivity index (χ3v) is 5.89. The van der Waals surface area contributed by atoms with Gasteiger partial charge in [0, 0.05) is 31.3 Å². The zero-order valence-electron chi connectivity index (χ0n) is 12.1. The van der Waals surface area contributed by atoms with Gasteiger partial charge in [-0.25, -0.2) is 4.39 Å². The van der Waals surface area contributed by atoms with Crippen molar-refractivity contribution in [3.8, 4) is 0 Å². The Bertz CT molecular complexity index is 615. The highest BCUT2D eigenvalue weighted by Gasteiger charge is 2.09. The van der Waals surface area contributed by atoms with E-state index in [1.54, 1.807) is 35.2 Å². The fourth-order valence-electron chi connectivity index (χ4n) is 1.86. The van der Waals surface area contributed by atoms with E-state index in [2.05, 4.69) is 28.2 Å². The molecule has 1 heterocycles. The van der Waals surface area contributed by atoms with Crippen LogP contribution in [-0.4, -0.2) is 11.2 Å². The molecule has 1 aromatic heterocycles. The molecule has 0 bridgehead atoms. The molecule has 6 heteroatoms. The summed E-state index contributed by atoms with van der Waals surface area (Å²) in [7, 11) is 0. The first-order chi connectivity index (χ1) is 10.5. The van der Waals surface area contributed by atoms with Gasteiger partial charge in [0.2, 0.25) is 5.91 Å². The number of benzene rings is 1. The van der Waals surface area contributed by atoms with Crippen LogP contribution in [0.1, 0.15) is 24.6 Å². The summed E-state index contributed by atoms with van der Waals surface area (Å²) < 4.78 is 13.9. The first kappa shape index (κ1) is 17.5. The summed E-state index contributed by atoms with van der Waals surface area (Å²) >= 11 is 6.68. The van der Waals surface area contributed by atoms with Crippen molar-refractivity contribution in [1.29, 1.82) is 0 Å². The van der Waals surface area contributed by atoms with Gasteiger partial charge < -0.3 is 5.32 Å². The molecule has 0 aliphatic carbocycles.